The summed E-state index contributed by atoms with van der Waals surface area (Å²) in [4.78, 5) is 2.74. The Hall–Kier alpha value is -0.0800. The van der Waals surface area contributed by atoms with Crippen LogP contribution in [0.5, 0.6) is 0 Å². The first-order valence-electron chi connectivity index (χ1n) is 8.24. The average Bonchev–Trinajstić information content (AvgIpc) is 2.79. The summed E-state index contributed by atoms with van der Waals surface area (Å²) in [6, 6.07) is 0.504. The first-order valence-corrected chi connectivity index (χ1v) is 8.24. The Kier molecular flexibility index (Phi) is 3.95. The lowest BCUT2D eigenvalue weighted by Gasteiger charge is -2.45. The maximum atomic E-state index is 6.02. The monoisotopic (exact) mass is 250 g/mol. The number of piperidine rings is 1. The molecule has 1 saturated heterocycles. The van der Waals surface area contributed by atoms with Gasteiger partial charge in [-0.1, -0.05) is 19.3 Å². The zero-order valence-electron chi connectivity index (χ0n) is 11.9. The molecule has 2 saturated carbocycles. The Labute approximate surface area is 112 Å². The van der Waals surface area contributed by atoms with E-state index in [-0.39, 0.29) is 0 Å². The van der Waals surface area contributed by atoms with Crippen LogP contribution in [0.25, 0.3) is 0 Å². The third-order valence-corrected chi connectivity index (χ3v) is 5.93. The molecule has 0 bridgehead atoms. The maximum Gasteiger partial charge on any atom is 0.00420 e. The van der Waals surface area contributed by atoms with Crippen LogP contribution in [0.3, 0.4) is 0 Å². The highest BCUT2D eigenvalue weighted by atomic mass is 15.1. The van der Waals surface area contributed by atoms with Crippen molar-refractivity contribution in [2.45, 2.75) is 70.3 Å². The summed E-state index contributed by atoms with van der Waals surface area (Å²) < 4.78 is 0. The molecule has 2 aliphatic carbocycles. The van der Waals surface area contributed by atoms with Gasteiger partial charge in [0.2, 0.25) is 0 Å². The van der Waals surface area contributed by atoms with Crippen molar-refractivity contribution in [3.63, 3.8) is 0 Å². The van der Waals surface area contributed by atoms with Gasteiger partial charge < -0.3 is 10.6 Å². The van der Waals surface area contributed by atoms with E-state index in [1.54, 1.807) is 0 Å². The largest absolute Gasteiger partial charge is 0.328 e. The minimum Gasteiger partial charge on any atom is -0.328 e. The number of nitrogens with zero attached hydrogens (tertiary/aromatic N) is 1. The van der Waals surface area contributed by atoms with Crippen LogP contribution in [0.2, 0.25) is 0 Å². The van der Waals surface area contributed by atoms with E-state index in [2.05, 4.69) is 4.90 Å². The molecule has 0 aromatic carbocycles. The van der Waals surface area contributed by atoms with Gasteiger partial charge in [0.25, 0.3) is 0 Å². The van der Waals surface area contributed by atoms with Crippen molar-refractivity contribution in [2.24, 2.45) is 17.1 Å². The fraction of sp³-hybridized carbons (Fsp3) is 1.00. The molecular weight excluding hydrogens is 220 g/mol. The van der Waals surface area contributed by atoms with Crippen molar-refractivity contribution < 1.29 is 0 Å². The third-order valence-electron chi connectivity index (χ3n) is 5.93. The average molecular weight is 250 g/mol. The van der Waals surface area contributed by atoms with Crippen molar-refractivity contribution in [3.05, 3.63) is 0 Å². The molecule has 2 N–H and O–H groups in total. The van der Waals surface area contributed by atoms with Crippen LogP contribution in [0.15, 0.2) is 0 Å². The van der Waals surface area contributed by atoms with E-state index in [4.69, 9.17) is 5.73 Å². The highest BCUT2D eigenvalue weighted by molar-refractivity contribution is 4.89. The lowest BCUT2D eigenvalue weighted by Crippen LogP contribution is -2.42. The van der Waals surface area contributed by atoms with Gasteiger partial charge in [-0.15, -0.1) is 0 Å². The van der Waals surface area contributed by atoms with E-state index in [0.717, 1.165) is 11.3 Å². The van der Waals surface area contributed by atoms with E-state index in [0.29, 0.717) is 6.04 Å². The Balaban J connectivity index is 1.45. The van der Waals surface area contributed by atoms with Crippen LogP contribution in [-0.4, -0.2) is 30.6 Å². The van der Waals surface area contributed by atoms with Gasteiger partial charge in [0.15, 0.2) is 0 Å². The molecule has 1 aliphatic heterocycles. The highest BCUT2D eigenvalue weighted by Gasteiger charge is 2.36. The second-order valence-electron chi connectivity index (χ2n) is 7.30. The summed E-state index contributed by atoms with van der Waals surface area (Å²) in [5.74, 6) is 0.903. The summed E-state index contributed by atoms with van der Waals surface area (Å²) in [5.41, 5.74) is 6.79. The Morgan fingerprint density at radius 1 is 0.944 bits per heavy atom. The Bertz CT molecular complexity index is 260. The van der Waals surface area contributed by atoms with Gasteiger partial charge in [-0.05, 0) is 69.4 Å². The first-order chi connectivity index (χ1) is 8.76. The molecule has 1 spiro atoms. The molecular formula is C16H30N2. The molecule has 0 radical (unpaired) electrons. The van der Waals surface area contributed by atoms with Crippen LogP contribution in [-0.2, 0) is 0 Å². The van der Waals surface area contributed by atoms with Crippen LogP contribution in [0.4, 0.5) is 0 Å². The fourth-order valence-corrected chi connectivity index (χ4v) is 4.66. The molecule has 0 aromatic rings. The van der Waals surface area contributed by atoms with Crippen LogP contribution < -0.4 is 5.73 Å². The standard InChI is InChI=1S/C16H30N2/c17-15-5-4-14(12-15)13-18-10-8-16(9-11-18)6-2-1-3-7-16/h14-15H,1-13,17H2. The van der Waals surface area contributed by atoms with Gasteiger partial charge in [0.05, 0.1) is 0 Å². The zero-order chi connectivity index (χ0) is 12.4. The van der Waals surface area contributed by atoms with Crippen molar-refractivity contribution in [3.8, 4) is 0 Å². The van der Waals surface area contributed by atoms with E-state index < -0.39 is 0 Å². The van der Waals surface area contributed by atoms with Gasteiger partial charge >= 0.3 is 0 Å². The molecule has 3 aliphatic rings. The lowest BCUT2D eigenvalue weighted by atomic mass is 9.68. The number of likely N-dealkylation sites (tertiary alicyclic amines) is 1. The predicted octanol–water partition coefficient (Wildman–Crippen LogP) is 3.16. The molecule has 0 amide bonds. The van der Waals surface area contributed by atoms with Crippen molar-refractivity contribution >= 4 is 0 Å². The van der Waals surface area contributed by atoms with Crippen molar-refractivity contribution in [1.29, 1.82) is 0 Å². The summed E-state index contributed by atoms with van der Waals surface area (Å²) in [5, 5.41) is 0. The summed E-state index contributed by atoms with van der Waals surface area (Å²) >= 11 is 0. The summed E-state index contributed by atoms with van der Waals surface area (Å²) in [6.07, 6.45) is 14.4. The Morgan fingerprint density at radius 2 is 1.67 bits per heavy atom. The molecule has 3 rings (SSSR count). The second-order valence-corrected chi connectivity index (χ2v) is 7.30. The maximum absolute atomic E-state index is 6.02. The van der Waals surface area contributed by atoms with Gasteiger partial charge in [-0.2, -0.15) is 0 Å². The quantitative estimate of drug-likeness (QED) is 0.815. The minimum absolute atomic E-state index is 0.504. The van der Waals surface area contributed by atoms with Crippen molar-refractivity contribution in [2.75, 3.05) is 19.6 Å². The number of nitrogens with two attached hydrogens (primary N) is 1. The molecule has 3 fully saturated rings. The molecule has 104 valence electrons. The molecule has 1 heterocycles. The normalized spacial score (nSPS) is 37.2. The lowest BCUT2D eigenvalue weighted by molar-refractivity contribution is 0.0601. The fourth-order valence-electron chi connectivity index (χ4n) is 4.66. The number of hydrogen-bond acceptors (Lipinski definition) is 2. The zero-order valence-corrected chi connectivity index (χ0v) is 11.9. The smallest absolute Gasteiger partial charge is 0.00420 e. The van der Waals surface area contributed by atoms with Gasteiger partial charge in [0, 0.05) is 12.6 Å². The number of rotatable bonds is 2. The summed E-state index contributed by atoms with van der Waals surface area (Å²) in [7, 11) is 0. The molecule has 0 aromatic heterocycles. The van der Waals surface area contributed by atoms with Crippen LogP contribution >= 0.6 is 0 Å². The first kappa shape index (κ1) is 12.9. The van der Waals surface area contributed by atoms with E-state index in [1.165, 1.54) is 83.8 Å². The van der Waals surface area contributed by atoms with E-state index >= 15 is 0 Å². The minimum atomic E-state index is 0.504. The predicted molar refractivity (Wildman–Crippen MR) is 76.5 cm³/mol. The molecule has 2 atom stereocenters. The third kappa shape index (κ3) is 2.91. The van der Waals surface area contributed by atoms with Crippen LogP contribution in [0, 0.1) is 11.3 Å². The highest BCUT2D eigenvalue weighted by Crippen LogP contribution is 2.44. The molecule has 18 heavy (non-hydrogen) atoms. The molecule has 2 nitrogen and oxygen atoms in total. The second kappa shape index (κ2) is 5.50. The van der Waals surface area contributed by atoms with Crippen LogP contribution in [0.1, 0.15) is 64.2 Å². The molecule has 2 heteroatoms. The molecule has 2 unspecified atom stereocenters. The number of hydrogen-bond donors (Lipinski definition) is 1. The SMILES string of the molecule is NC1CCC(CN2CCC3(CCCCC3)CC2)C1. The van der Waals surface area contributed by atoms with E-state index in [9.17, 15) is 0 Å². The Morgan fingerprint density at radius 3 is 2.28 bits per heavy atom. The topological polar surface area (TPSA) is 29.3 Å². The van der Waals surface area contributed by atoms with E-state index in [1.807, 2.05) is 0 Å². The van der Waals surface area contributed by atoms with Gasteiger partial charge in [-0.3, -0.25) is 0 Å². The van der Waals surface area contributed by atoms with Crippen molar-refractivity contribution in [1.82, 2.24) is 4.90 Å². The van der Waals surface area contributed by atoms with Gasteiger partial charge in [0.1, 0.15) is 0 Å². The summed E-state index contributed by atoms with van der Waals surface area (Å²) in [6.45, 7) is 4.07. The van der Waals surface area contributed by atoms with Gasteiger partial charge in [-0.25, -0.2) is 0 Å².